The maximum Gasteiger partial charge on any atom is 0.349 e. The molecule has 0 spiro atoms. The number of carbonyl (C=O) groups excluding carboxylic acids is 1. The first-order valence-corrected chi connectivity index (χ1v) is 7.66. The Balaban J connectivity index is 2.04. The Morgan fingerprint density at radius 1 is 1.17 bits per heavy atom. The van der Waals surface area contributed by atoms with Gasteiger partial charge in [-0.3, -0.25) is 0 Å². The number of aryl methyl sites for hydroxylation is 1. The van der Waals surface area contributed by atoms with Crippen LogP contribution in [0.4, 0.5) is 0 Å². The van der Waals surface area contributed by atoms with Crippen molar-refractivity contribution in [3.63, 3.8) is 0 Å². The molecule has 0 unspecified atom stereocenters. The van der Waals surface area contributed by atoms with Gasteiger partial charge in [-0.2, -0.15) is 0 Å². The molecule has 0 radical (unpaired) electrons. The summed E-state index contributed by atoms with van der Waals surface area (Å²) in [6.45, 7) is 1.57. The molecule has 0 aliphatic heterocycles. The number of hydrogen-bond acceptors (Lipinski definition) is 4. The van der Waals surface area contributed by atoms with E-state index in [1.165, 1.54) is 18.2 Å². The van der Waals surface area contributed by atoms with Crippen LogP contribution < -0.4 is 9.47 Å². The minimum Gasteiger partial charge on any atom is -0.481 e. The van der Waals surface area contributed by atoms with Crippen molar-refractivity contribution in [2.45, 2.75) is 6.92 Å². The van der Waals surface area contributed by atoms with Gasteiger partial charge in [-0.05, 0) is 58.7 Å². The van der Waals surface area contributed by atoms with Crippen LogP contribution in [-0.2, 0) is 4.79 Å². The van der Waals surface area contributed by atoms with Crippen molar-refractivity contribution in [2.24, 2.45) is 0 Å². The molecule has 0 aliphatic rings. The number of carboxylic acid groups (broad SMARTS) is 1. The van der Waals surface area contributed by atoms with Gasteiger partial charge in [0.1, 0.15) is 17.1 Å². The minimum absolute atomic E-state index is 0.0847. The van der Waals surface area contributed by atoms with Gasteiger partial charge >= 0.3 is 11.9 Å². The van der Waals surface area contributed by atoms with E-state index in [9.17, 15) is 9.59 Å². The number of ether oxygens (including phenoxy) is 2. The quantitative estimate of drug-likeness (QED) is 0.605. The first-order chi connectivity index (χ1) is 10.9. The number of esters is 1. The molecule has 0 saturated heterocycles. The van der Waals surface area contributed by atoms with E-state index in [4.69, 9.17) is 26.2 Å². The Bertz CT molecular complexity index is 760. The second kappa shape index (κ2) is 7.48. The van der Waals surface area contributed by atoms with E-state index in [1.807, 2.05) is 19.1 Å². The third kappa shape index (κ3) is 4.71. The molecule has 2 rings (SSSR count). The van der Waals surface area contributed by atoms with Gasteiger partial charge in [-0.1, -0.05) is 17.7 Å². The zero-order chi connectivity index (χ0) is 17.0. The number of carbonyl (C=O) groups is 2. The second-order valence-corrected chi connectivity index (χ2v) is 5.93. The molecule has 0 aromatic heterocycles. The first-order valence-electron chi connectivity index (χ1n) is 6.49. The van der Waals surface area contributed by atoms with E-state index in [2.05, 4.69) is 15.9 Å². The van der Waals surface area contributed by atoms with E-state index in [0.717, 1.165) is 5.56 Å². The molecule has 0 saturated carbocycles. The molecule has 0 aliphatic carbocycles. The number of benzene rings is 2. The molecule has 7 heteroatoms. The average molecular weight is 400 g/mol. The second-order valence-electron chi connectivity index (χ2n) is 4.64. The minimum atomic E-state index is -1.24. The summed E-state index contributed by atoms with van der Waals surface area (Å²) in [6.07, 6.45) is 0. The fourth-order valence-corrected chi connectivity index (χ4v) is 2.55. The Morgan fingerprint density at radius 2 is 1.87 bits per heavy atom. The van der Waals surface area contributed by atoms with Gasteiger partial charge in [0.05, 0.1) is 4.47 Å². The lowest BCUT2D eigenvalue weighted by Gasteiger charge is -2.10. The van der Waals surface area contributed by atoms with Crippen LogP contribution in [0.25, 0.3) is 0 Å². The summed E-state index contributed by atoms with van der Waals surface area (Å²) in [4.78, 5) is 23.0. The van der Waals surface area contributed by atoms with E-state index in [-0.39, 0.29) is 22.9 Å². The highest BCUT2D eigenvalue weighted by Crippen LogP contribution is 2.26. The van der Waals surface area contributed by atoms with E-state index < -0.39 is 11.9 Å². The molecule has 2 aromatic rings. The van der Waals surface area contributed by atoms with Crippen molar-refractivity contribution in [1.29, 1.82) is 0 Å². The summed E-state index contributed by atoms with van der Waals surface area (Å²) >= 11 is 9.07. The molecule has 23 heavy (non-hydrogen) atoms. The largest absolute Gasteiger partial charge is 0.481 e. The predicted molar refractivity (Wildman–Crippen MR) is 88.4 cm³/mol. The Hall–Kier alpha value is -2.05. The van der Waals surface area contributed by atoms with E-state index in [1.54, 1.807) is 6.07 Å². The lowest BCUT2D eigenvalue weighted by atomic mass is 10.2. The van der Waals surface area contributed by atoms with Crippen LogP contribution in [0.5, 0.6) is 11.5 Å². The Labute approximate surface area is 145 Å². The lowest BCUT2D eigenvalue weighted by molar-refractivity contribution is -0.136. The van der Waals surface area contributed by atoms with Gasteiger partial charge < -0.3 is 14.6 Å². The number of aromatic carboxylic acids is 1. The average Bonchev–Trinajstić information content (AvgIpc) is 2.48. The highest BCUT2D eigenvalue weighted by Gasteiger charge is 2.16. The fraction of sp³-hybridized carbons (Fsp3) is 0.125. The summed E-state index contributed by atoms with van der Waals surface area (Å²) in [7, 11) is 0. The fourth-order valence-electron chi connectivity index (χ4n) is 1.77. The van der Waals surface area contributed by atoms with E-state index in [0.29, 0.717) is 10.2 Å². The van der Waals surface area contributed by atoms with Crippen LogP contribution in [0.1, 0.15) is 15.9 Å². The molecular weight excluding hydrogens is 388 g/mol. The van der Waals surface area contributed by atoms with Crippen LogP contribution in [0, 0.1) is 6.92 Å². The Kier molecular flexibility index (Phi) is 5.63. The van der Waals surface area contributed by atoms with Gasteiger partial charge in [-0.15, -0.1) is 0 Å². The van der Waals surface area contributed by atoms with Crippen molar-refractivity contribution in [2.75, 3.05) is 6.61 Å². The monoisotopic (exact) mass is 398 g/mol. The summed E-state index contributed by atoms with van der Waals surface area (Å²) in [5, 5.41) is 9.32. The van der Waals surface area contributed by atoms with Crippen LogP contribution in [0.2, 0.25) is 5.02 Å². The normalized spacial score (nSPS) is 10.2. The lowest BCUT2D eigenvalue weighted by Crippen LogP contribution is -2.19. The van der Waals surface area contributed by atoms with Gasteiger partial charge in [0.25, 0.3) is 0 Å². The van der Waals surface area contributed by atoms with Crippen LogP contribution in [0.3, 0.4) is 0 Å². The topological polar surface area (TPSA) is 72.8 Å². The van der Waals surface area contributed by atoms with Crippen molar-refractivity contribution in [3.05, 3.63) is 57.0 Å². The van der Waals surface area contributed by atoms with Crippen LogP contribution in [0.15, 0.2) is 40.9 Å². The zero-order valence-corrected chi connectivity index (χ0v) is 14.3. The van der Waals surface area contributed by atoms with Crippen molar-refractivity contribution >= 4 is 39.5 Å². The van der Waals surface area contributed by atoms with Crippen molar-refractivity contribution in [1.82, 2.24) is 0 Å². The van der Waals surface area contributed by atoms with E-state index >= 15 is 0 Å². The smallest absolute Gasteiger partial charge is 0.349 e. The molecule has 120 valence electrons. The summed E-state index contributed by atoms with van der Waals surface area (Å²) in [5.74, 6) is -1.56. The molecule has 0 bridgehead atoms. The third-order valence-electron chi connectivity index (χ3n) is 2.83. The first kappa shape index (κ1) is 17.3. The SMILES string of the molecule is Cc1ccc(OCC(=O)Oc2ccc(Cl)cc2C(=O)O)c(Br)c1. The number of hydrogen-bond donors (Lipinski definition) is 1. The molecule has 2 aromatic carbocycles. The number of halogens is 2. The Morgan fingerprint density at radius 3 is 2.52 bits per heavy atom. The van der Waals surface area contributed by atoms with Crippen molar-refractivity contribution in [3.8, 4) is 11.5 Å². The molecule has 1 N–H and O–H groups in total. The summed E-state index contributed by atoms with van der Waals surface area (Å²) in [5.41, 5.74) is 0.849. The molecule has 5 nitrogen and oxygen atoms in total. The van der Waals surface area contributed by atoms with Crippen LogP contribution in [-0.4, -0.2) is 23.7 Å². The molecule has 0 atom stereocenters. The third-order valence-corrected chi connectivity index (χ3v) is 3.68. The number of carboxylic acids is 1. The maximum absolute atomic E-state index is 11.8. The summed E-state index contributed by atoms with van der Waals surface area (Å²) < 4.78 is 11.1. The molecule has 0 heterocycles. The highest BCUT2D eigenvalue weighted by atomic mass is 79.9. The predicted octanol–water partition coefficient (Wildman–Crippen LogP) is 4.09. The van der Waals surface area contributed by atoms with Gasteiger partial charge in [0.15, 0.2) is 6.61 Å². The van der Waals surface area contributed by atoms with Gasteiger partial charge in [0, 0.05) is 5.02 Å². The molecular formula is C16H12BrClO5. The standard InChI is InChI=1S/C16H12BrClO5/c1-9-2-4-14(12(17)6-9)22-8-15(19)23-13-5-3-10(18)7-11(13)16(20)21/h2-7H,8H2,1H3,(H,20,21). The molecule has 0 amide bonds. The number of rotatable bonds is 5. The maximum atomic E-state index is 11.8. The van der Waals surface area contributed by atoms with Gasteiger partial charge in [-0.25, -0.2) is 9.59 Å². The van der Waals surface area contributed by atoms with Crippen molar-refractivity contribution < 1.29 is 24.2 Å². The summed E-state index contributed by atoms with van der Waals surface area (Å²) in [6, 6.07) is 9.39. The van der Waals surface area contributed by atoms with Gasteiger partial charge in [0.2, 0.25) is 0 Å². The zero-order valence-electron chi connectivity index (χ0n) is 12.0. The van der Waals surface area contributed by atoms with Crippen LogP contribution >= 0.6 is 27.5 Å². The highest BCUT2D eigenvalue weighted by molar-refractivity contribution is 9.10. The molecule has 0 fully saturated rings.